The van der Waals surface area contributed by atoms with E-state index in [9.17, 15) is 13.2 Å². The van der Waals surface area contributed by atoms with Gasteiger partial charge in [0.2, 0.25) is 0 Å². The second-order valence-electron chi connectivity index (χ2n) is 4.96. The Kier molecular flexibility index (Phi) is 5.11. The number of carboxylic acids is 1. The first-order valence-electron chi connectivity index (χ1n) is 6.34. The van der Waals surface area contributed by atoms with Crippen molar-refractivity contribution >= 4 is 15.8 Å². The Hall–Kier alpha value is -1.36. The quantitative estimate of drug-likeness (QED) is 0.872. The predicted octanol–water partition coefficient (Wildman–Crippen LogP) is 2.90. The summed E-state index contributed by atoms with van der Waals surface area (Å²) in [5.41, 5.74) is 0.598. The highest BCUT2D eigenvalue weighted by molar-refractivity contribution is 7.91. The summed E-state index contributed by atoms with van der Waals surface area (Å²) in [6.45, 7) is 5.60. The molecule has 1 unspecified atom stereocenters. The molecular weight excluding hydrogens is 264 g/mol. The van der Waals surface area contributed by atoms with Crippen LogP contribution in [0.15, 0.2) is 23.1 Å². The Bertz CT molecular complexity index is 561. The van der Waals surface area contributed by atoms with Crippen molar-refractivity contribution in [2.45, 2.75) is 38.5 Å². The van der Waals surface area contributed by atoms with Crippen molar-refractivity contribution in [2.24, 2.45) is 5.92 Å². The number of rotatable bonds is 6. The summed E-state index contributed by atoms with van der Waals surface area (Å²) in [6.07, 6.45) is 1.78. The summed E-state index contributed by atoms with van der Waals surface area (Å²) < 4.78 is 24.6. The predicted molar refractivity (Wildman–Crippen MR) is 74.3 cm³/mol. The molecule has 106 valence electrons. The third kappa shape index (κ3) is 4.06. The number of hydrogen-bond donors (Lipinski definition) is 1. The molecule has 1 atom stereocenters. The van der Waals surface area contributed by atoms with Gasteiger partial charge in [-0.2, -0.15) is 0 Å². The van der Waals surface area contributed by atoms with Gasteiger partial charge in [0.05, 0.1) is 16.2 Å². The molecule has 1 aromatic rings. The number of aromatic carboxylic acids is 1. The number of sulfone groups is 1. The molecule has 19 heavy (non-hydrogen) atoms. The summed E-state index contributed by atoms with van der Waals surface area (Å²) in [4.78, 5) is 11.1. The van der Waals surface area contributed by atoms with Gasteiger partial charge < -0.3 is 5.11 Å². The highest BCUT2D eigenvalue weighted by Crippen LogP contribution is 2.21. The molecule has 5 heteroatoms. The van der Waals surface area contributed by atoms with E-state index in [2.05, 4.69) is 0 Å². The average Bonchev–Trinajstić information content (AvgIpc) is 2.28. The minimum atomic E-state index is -3.43. The van der Waals surface area contributed by atoms with Gasteiger partial charge in [0.25, 0.3) is 0 Å². The maximum Gasteiger partial charge on any atom is 0.335 e. The lowest BCUT2D eigenvalue weighted by molar-refractivity contribution is 0.0696. The maximum atomic E-state index is 12.3. The highest BCUT2D eigenvalue weighted by Gasteiger charge is 2.21. The van der Waals surface area contributed by atoms with Gasteiger partial charge >= 0.3 is 5.97 Å². The van der Waals surface area contributed by atoms with E-state index in [1.165, 1.54) is 12.1 Å². The van der Waals surface area contributed by atoms with Crippen LogP contribution < -0.4 is 0 Å². The maximum absolute atomic E-state index is 12.3. The first-order valence-corrected chi connectivity index (χ1v) is 8.00. The van der Waals surface area contributed by atoms with Crippen LogP contribution >= 0.6 is 0 Å². The molecule has 0 radical (unpaired) electrons. The van der Waals surface area contributed by atoms with Gasteiger partial charge in [-0.05, 0) is 37.0 Å². The second kappa shape index (κ2) is 6.19. The molecule has 0 aliphatic heterocycles. The van der Waals surface area contributed by atoms with Crippen molar-refractivity contribution in [2.75, 3.05) is 5.75 Å². The van der Waals surface area contributed by atoms with Crippen molar-refractivity contribution in [3.05, 3.63) is 29.3 Å². The van der Waals surface area contributed by atoms with Gasteiger partial charge in [0.1, 0.15) is 0 Å². The molecule has 0 aliphatic carbocycles. The minimum absolute atomic E-state index is 0.00678. The van der Waals surface area contributed by atoms with E-state index in [4.69, 9.17) is 5.11 Å². The lowest BCUT2D eigenvalue weighted by Crippen LogP contribution is -2.15. The Balaban J connectivity index is 3.13. The van der Waals surface area contributed by atoms with Crippen LogP contribution in [0.2, 0.25) is 0 Å². The van der Waals surface area contributed by atoms with Gasteiger partial charge in [-0.3, -0.25) is 0 Å². The van der Waals surface area contributed by atoms with Crippen LogP contribution in [0.5, 0.6) is 0 Å². The van der Waals surface area contributed by atoms with E-state index < -0.39 is 15.8 Å². The average molecular weight is 284 g/mol. The number of aryl methyl sites for hydroxylation is 1. The zero-order chi connectivity index (χ0) is 14.6. The van der Waals surface area contributed by atoms with E-state index >= 15 is 0 Å². The molecule has 0 saturated carbocycles. The van der Waals surface area contributed by atoms with E-state index in [1.807, 2.05) is 13.8 Å². The number of hydrogen-bond acceptors (Lipinski definition) is 3. The van der Waals surface area contributed by atoms with E-state index in [0.717, 1.165) is 12.8 Å². The number of carbonyl (C=O) groups is 1. The Morgan fingerprint density at radius 3 is 2.53 bits per heavy atom. The highest BCUT2D eigenvalue weighted by atomic mass is 32.2. The van der Waals surface area contributed by atoms with Gasteiger partial charge in [-0.25, -0.2) is 13.2 Å². The molecule has 0 saturated heterocycles. The molecule has 1 rings (SSSR count). The first-order chi connectivity index (χ1) is 8.77. The molecule has 0 aliphatic rings. The summed E-state index contributed by atoms with van der Waals surface area (Å²) in [5, 5.41) is 8.94. The molecule has 0 heterocycles. The van der Waals surface area contributed by atoms with E-state index in [0.29, 0.717) is 5.56 Å². The van der Waals surface area contributed by atoms with Crippen LogP contribution in [0.4, 0.5) is 0 Å². The molecule has 1 aromatic carbocycles. The standard InChI is InChI=1S/C14H20O4S/c1-4-5-10(2)9-19(17,18)13-8-12(14(15)16)7-6-11(13)3/h6-8,10H,4-5,9H2,1-3H3,(H,15,16). The normalized spacial score (nSPS) is 13.2. The third-order valence-electron chi connectivity index (χ3n) is 3.06. The Morgan fingerprint density at radius 2 is 2.00 bits per heavy atom. The van der Waals surface area contributed by atoms with Gasteiger partial charge in [0, 0.05) is 0 Å². The summed E-state index contributed by atoms with van der Waals surface area (Å²) >= 11 is 0. The lowest BCUT2D eigenvalue weighted by atomic mass is 10.1. The number of benzene rings is 1. The van der Waals surface area contributed by atoms with Crippen molar-refractivity contribution in [1.29, 1.82) is 0 Å². The van der Waals surface area contributed by atoms with Gasteiger partial charge in [-0.1, -0.05) is 26.3 Å². The van der Waals surface area contributed by atoms with Crippen LogP contribution in [0.25, 0.3) is 0 Å². The first kappa shape index (κ1) is 15.7. The van der Waals surface area contributed by atoms with Crippen LogP contribution in [0.1, 0.15) is 42.6 Å². The molecule has 4 nitrogen and oxygen atoms in total. The lowest BCUT2D eigenvalue weighted by Gasteiger charge is -2.13. The van der Waals surface area contributed by atoms with Crippen LogP contribution in [-0.2, 0) is 9.84 Å². The zero-order valence-electron chi connectivity index (χ0n) is 11.5. The van der Waals surface area contributed by atoms with Crippen molar-refractivity contribution in [1.82, 2.24) is 0 Å². The van der Waals surface area contributed by atoms with Gasteiger partial charge in [0.15, 0.2) is 9.84 Å². The molecule has 0 amide bonds. The fourth-order valence-electron chi connectivity index (χ4n) is 2.11. The topological polar surface area (TPSA) is 71.4 Å². The van der Waals surface area contributed by atoms with E-state index in [-0.39, 0.29) is 22.1 Å². The second-order valence-corrected chi connectivity index (χ2v) is 6.96. The molecule has 1 N–H and O–H groups in total. The van der Waals surface area contributed by atoms with Crippen molar-refractivity contribution in [3.8, 4) is 0 Å². The summed E-state index contributed by atoms with van der Waals surface area (Å²) in [7, 11) is -3.43. The molecule has 0 fully saturated rings. The van der Waals surface area contributed by atoms with Crippen molar-refractivity contribution in [3.63, 3.8) is 0 Å². The smallest absolute Gasteiger partial charge is 0.335 e. The Labute approximate surface area is 114 Å². The fraction of sp³-hybridized carbons (Fsp3) is 0.500. The zero-order valence-corrected chi connectivity index (χ0v) is 12.3. The van der Waals surface area contributed by atoms with E-state index in [1.54, 1.807) is 13.0 Å². The Morgan fingerprint density at radius 1 is 1.37 bits per heavy atom. The largest absolute Gasteiger partial charge is 0.478 e. The molecule has 0 spiro atoms. The molecule has 0 aromatic heterocycles. The van der Waals surface area contributed by atoms with Crippen LogP contribution in [-0.4, -0.2) is 25.2 Å². The molecular formula is C14H20O4S. The third-order valence-corrected chi connectivity index (χ3v) is 5.17. The minimum Gasteiger partial charge on any atom is -0.478 e. The van der Waals surface area contributed by atoms with Crippen LogP contribution in [0.3, 0.4) is 0 Å². The fourth-order valence-corrected chi connectivity index (χ4v) is 4.07. The van der Waals surface area contributed by atoms with Gasteiger partial charge in [-0.15, -0.1) is 0 Å². The molecule has 0 bridgehead atoms. The monoisotopic (exact) mass is 284 g/mol. The number of carboxylic acid groups (broad SMARTS) is 1. The van der Waals surface area contributed by atoms with Crippen LogP contribution in [0, 0.1) is 12.8 Å². The SMILES string of the molecule is CCCC(C)CS(=O)(=O)c1cc(C(=O)O)ccc1C. The summed E-state index contributed by atoms with van der Waals surface area (Å²) in [5.74, 6) is -0.981. The summed E-state index contributed by atoms with van der Waals surface area (Å²) in [6, 6.07) is 4.22. The van der Waals surface area contributed by atoms with Crippen molar-refractivity contribution < 1.29 is 18.3 Å².